The SMILES string of the molecule is CC1(C)CCC(O)(CNc2cccc(N)n2)CC1. The van der Waals surface area contributed by atoms with Crippen LogP contribution < -0.4 is 11.1 Å². The van der Waals surface area contributed by atoms with Gasteiger partial charge in [-0.1, -0.05) is 19.9 Å². The Hall–Kier alpha value is -1.29. The average molecular weight is 249 g/mol. The molecule has 0 aliphatic heterocycles. The maximum Gasteiger partial charge on any atom is 0.128 e. The van der Waals surface area contributed by atoms with Crippen molar-refractivity contribution in [3.8, 4) is 0 Å². The van der Waals surface area contributed by atoms with E-state index in [-0.39, 0.29) is 0 Å². The molecule has 18 heavy (non-hydrogen) atoms. The third-order valence-electron chi connectivity index (χ3n) is 3.90. The first-order valence-corrected chi connectivity index (χ1v) is 6.57. The van der Waals surface area contributed by atoms with Gasteiger partial charge in [-0.05, 0) is 43.2 Å². The van der Waals surface area contributed by atoms with Gasteiger partial charge in [0, 0.05) is 6.54 Å². The van der Waals surface area contributed by atoms with Gasteiger partial charge in [-0.2, -0.15) is 0 Å². The molecule has 0 unspecified atom stereocenters. The number of rotatable bonds is 3. The highest BCUT2D eigenvalue weighted by molar-refractivity contribution is 5.42. The summed E-state index contributed by atoms with van der Waals surface area (Å²) in [5.41, 5.74) is 5.38. The molecule has 1 aromatic heterocycles. The van der Waals surface area contributed by atoms with E-state index in [4.69, 9.17) is 5.73 Å². The van der Waals surface area contributed by atoms with E-state index in [0.717, 1.165) is 31.5 Å². The van der Waals surface area contributed by atoms with Gasteiger partial charge in [0.2, 0.25) is 0 Å². The number of pyridine rings is 1. The summed E-state index contributed by atoms with van der Waals surface area (Å²) in [7, 11) is 0. The summed E-state index contributed by atoms with van der Waals surface area (Å²) in [6.07, 6.45) is 3.82. The number of nitrogens with one attached hydrogen (secondary N) is 1. The monoisotopic (exact) mass is 249 g/mol. The second-order valence-electron chi connectivity index (χ2n) is 6.19. The van der Waals surface area contributed by atoms with Gasteiger partial charge in [-0.25, -0.2) is 4.98 Å². The van der Waals surface area contributed by atoms with Gasteiger partial charge in [0.25, 0.3) is 0 Å². The molecule has 4 nitrogen and oxygen atoms in total. The highest BCUT2D eigenvalue weighted by Crippen LogP contribution is 2.40. The lowest BCUT2D eigenvalue weighted by Crippen LogP contribution is -2.42. The van der Waals surface area contributed by atoms with E-state index < -0.39 is 5.60 Å². The molecule has 0 atom stereocenters. The van der Waals surface area contributed by atoms with Gasteiger partial charge in [0.05, 0.1) is 5.60 Å². The Labute approximate surface area is 109 Å². The minimum Gasteiger partial charge on any atom is -0.388 e. The van der Waals surface area contributed by atoms with Gasteiger partial charge >= 0.3 is 0 Å². The molecular weight excluding hydrogens is 226 g/mol. The van der Waals surface area contributed by atoms with E-state index in [1.54, 1.807) is 6.07 Å². The molecule has 1 heterocycles. The quantitative estimate of drug-likeness (QED) is 0.769. The molecule has 0 amide bonds. The normalized spacial score (nSPS) is 21.5. The summed E-state index contributed by atoms with van der Waals surface area (Å²) >= 11 is 0. The highest BCUT2D eigenvalue weighted by atomic mass is 16.3. The maximum atomic E-state index is 10.5. The van der Waals surface area contributed by atoms with Crippen LogP contribution in [0.4, 0.5) is 11.6 Å². The first kappa shape index (κ1) is 13.1. The molecule has 0 saturated heterocycles. The molecule has 0 spiro atoms. The molecule has 4 N–H and O–H groups in total. The number of nitrogen functional groups attached to an aromatic ring is 1. The molecule has 0 aromatic carbocycles. The Balaban J connectivity index is 1.90. The van der Waals surface area contributed by atoms with Crippen molar-refractivity contribution in [1.82, 2.24) is 4.98 Å². The number of nitrogens with zero attached hydrogens (tertiary/aromatic N) is 1. The molecule has 1 saturated carbocycles. The topological polar surface area (TPSA) is 71.2 Å². The van der Waals surface area contributed by atoms with Crippen molar-refractivity contribution in [2.75, 3.05) is 17.6 Å². The third-order valence-corrected chi connectivity index (χ3v) is 3.90. The van der Waals surface area contributed by atoms with Crippen molar-refractivity contribution in [3.63, 3.8) is 0 Å². The molecule has 1 fully saturated rings. The van der Waals surface area contributed by atoms with Crippen LogP contribution in [0.2, 0.25) is 0 Å². The Morgan fingerprint density at radius 2 is 1.94 bits per heavy atom. The summed E-state index contributed by atoms with van der Waals surface area (Å²) in [5, 5.41) is 13.7. The average Bonchev–Trinajstić information content (AvgIpc) is 2.32. The van der Waals surface area contributed by atoms with Gasteiger partial charge in [0.1, 0.15) is 11.6 Å². The van der Waals surface area contributed by atoms with Crippen LogP contribution in [-0.4, -0.2) is 22.2 Å². The fraction of sp³-hybridized carbons (Fsp3) is 0.643. The van der Waals surface area contributed by atoms with Crippen LogP contribution in [0.15, 0.2) is 18.2 Å². The molecule has 0 bridgehead atoms. The predicted molar refractivity (Wildman–Crippen MR) is 74.3 cm³/mol. The molecule has 2 rings (SSSR count). The van der Waals surface area contributed by atoms with Crippen molar-refractivity contribution < 1.29 is 5.11 Å². The molecule has 1 aliphatic carbocycles. The zero-order valence-electron chi connectivity index (χ0n) is 11.2. The van der Waals surface area contributed by atoms with E-state index in [1.807, 2.05) is 12.1 Å². The van der Waals surface area contributed by atoms with E-state index in [0.29, 0.717) is 17.8 Å². The van der Waals surface area contributed by atoms with Crippen LogP contribution in [0, 0.1) is 5.41 Å². The minimum absolute atomic E-state index is 0.363. The molecular formula is C14H23N3O. The first-order valence-electron chi connectivity index (χ1n) is 6.57. The largest absolute Gasteiger partial charge is 0.388 e. The van der Waals surface area contributed by atoms with E-state index in [9.17, 15) is 5.11 Å². The highest BCUT2D eigenvalue weighted by Gasteiger charge is 2.36. The molecule has 4 heteroatoms. The molecule has 1 aromatic rings. The summed E-state index contributed by atoms with van der Waals surface area (Å²) in [6, 6.07) is 5.48. The van der Waals surface area contributed by atoms with Crippen LogP contribution in [0.25, 0.3) is 0 Å². The van der Waals surface area contributed by atoms with Crippen LogP contribution >= 0.6 is 0 Å². The lowest BCUT2D eigenvalue weighted by atomic mass is 9.71. The Kier molecular flexibility index (Phi) is 3.48. The molecule has 100 valence electrons. The van der Waals surface area contributed by atoms with Crippen LogP contribution in [-0.2, 0) is 0 Å². The number of aromatic nitrogens is 1. The third kappa shape index (κ3) is 3.35. The fourth-order valence-corrected chi connectivity index (χ4v) is 2.37. The van der Waals surface area contributed by atoms with Crippen LogP contribution in [0.1, 0.15) is 39.5 Å². The van der Waals surface area contributed by atoms with E-state index in [1.165, 1.54) is 0 Å². The number of hydrogen-bond donors (Lipinski definition) is 3. The van der Waals surface area contributed by atoms with Gasteiger partial charge in [-0.3, -0.25) is 0 Å². The summed E-state index contributed by atoms with van der Waals surface area (Å²) in [4.78, 5) is 4.17. The number of aliphatic hydroxyl groups is 1. The van der Waals surface area contributed by atoms with E-state index >= 15 is 0 Å². The fourth-order valence-electron chi connectivity index (χ4n) is 2.37. The second-order valence-corrected chi connectivity index (χ2v) is 6.19. The van der Waals surface area contributed by atoms with Crippen molar-refractivity contribution in [2.24, 2.45) is 5.41 Å². The predicted octanol–water partition coefficient (Wildman–Crippen LogP) is 2.41. The standard InChI is InChI=1S/C14H23N3O/c1-13(2)6-8-14(18,9-7-13)10-16-12-5-3-4-11(15)17-12/h3-5,18H,6-10H2,1-2H3,(H3,15,16,17). The van der Waals surface area contributed by atoms with Crippen LogP contribution in [0.3, 0.4) is 0 Å². The lowest BCUT2D eigenvalue weighted by molar-refractivity contribution is -0.0145. The van der Waals surface area contributed by atoms with Gasteiger partial charge in [0.15, 0.2) is 0 Å². The maximum absolute atomic E-state index is 10.5. The van der Waals surface area contributed by atoms with Crippen LogP contribution in [0.5, 0.6) is 0 Å². The zero-order valence-corrected chi connectivity index (χ0v) is 11.2. The Bertz CT molecular complexity index is 407. The van der Waals surface area contributed by atoms with Crippen molar-refractivity contribution in [3.05, 3.63) is 18.2 Å². The summed E-state index contributed by atoms with van der Waals surface area (Å²) in [6.45, 7) is 5.07. The number of anilines is 2. The Morgan fingerprint density at radius 3 is 2.56 bits per heavy atom. The van der Waals surface area contributed by atoms with Crippen molar-refractivity contribution in [1.29, 1.82) is 0 Å². The number of nitrogens with two attached hydrogens (primary N) is 1. The minimum atomic E-state index is -0.609. The smallest absolute Gasteiger partial charge is 0.128 e. The van der Waals surface area contributed by atoms with Gasteiger partial charge in [-0.15, -0.1) is 0 Å². The molecule has 1 aliphatic rings. The van der Waals surface area contributed by atoms with Gasteiger partial charge < -0.3 is 16.2 Å². The van der Waals surface area contributed by atoms with Crippen molar-refractivity contribution >= 4 is 11.6 Å². The lowest BCUT2D eigenvalue weighted by Gasteiger charge is -2.40. The summed E-state index contributed by atoms with van der Waals surface area (Å²) < 4.78 is 0. The zero-order chi connectivity index (χ0) is 13.2. The van der Waals surface area contributed by atoms with E-state index in [2.05, 4.69) is 24.1 Å². The Morgan fingerprint density at radius 1 is 1.28 bits per heavy atom. The van der Waals surface area contributed by atoms with Crippen molar-refractivity contribution in [2.45, 2.75) is 45.1 Å². The molecule has 0 radical (unpaired) electrons. The summed E-state index contributed by atoms with van der Waals surface area (Å²) in [5.74, 6) is 1.23. The first-order chi connectivity index (χ1) is 8.39. The second kappa shape index (κ2) is 4.76. The number of hydrogen-bond acceptors (Lipinski definition) is 4.